The number of rotatable bonds is 6. The van der Waals surface area contributed by atoms with Gasteiger partial charge in [0.1, 0.15) is 5.75 Å². The number of nitrogens with zero attached hydrogens (tertiary/aromatic N) is 3. The number of aromatic nitrogens is 2. The second-order valence-electron chi connectivity index (χ2n) is 7.86. The van der Waals surface area contributed by atoms with E-state index in [1.54, 1.807) is 14.2 Å². The molecule has 0 bridgehead atoms. The molecule has 0 unspecified atom stereocenters. The van der Waals surface area contributed by atoms with Gasteiger partial charge in [0, 0.05) is 57.4 Å². The zero-order valence-corrected chi connectivity index (χ0v) is 17.4. The fraction of sp³-hybridized carbons (Fsp3) is 0.545. The monoisotopic (exact) mass is 398 g/mol. The summed E-state index contributed by atoms with van der Waals surface area (Å²) in [5, 5.41) is 0. The first kappa shape index (κ1) is 19.9. The van der Waals surface area contributed by atoms with Gasteiger partial charge in [-0.3, -0.25) is 14.7 Å². The molecule has 1 saturated heterocycles. The lowest BCUT2D eigenvalue weighted by molar-refractivity contribution is 0.184. The minimum atomic E-state index is 0.0263. The number of ether oxygens (including phenoxy) is 2. The summed E-state index contributed by atoms with van der Waals surface area (Å²) in [7, 11) is 3.41. The Bertz CT molecular complexity index is 905. The molecule has 2 aliphatic heterocycles. The quantitative estimate of drug-likeness (QED) is 0.804. The maximum Gasteiger partial charge on any atom is 0.255 e. The van der Waals surface area contributed by atoms with Crippen LogP contribution in [0.5, 0.6) is 5.75 Å². The number of aromatic amines is 1. The van der Waals surface area contributed by atoms with Gasteiger partial charge >= 0.3 is 0 Å². The Balaban J connectivity index is 1.51. The van der Waals surface area contributed by atoms with E-state index in [2.05, 4.69) is 20.9 Å². The fourth-order valence-corrected chi connectivity index (χ4v) is 4.33. The zero-order valence-electron chi connectivity index (χ0n) is 17.4. The van der Waals surface area contributed by atoms with E-state index in [0.29, 0.717) is 6.61 Å². The average molecular weight is 399 g/mol. The number of hydrogen-bond donors (Lipinski definition) is 1. The number of fused-ring (bicyclic) bond motifs is 1. The number of anilines is 1. The van der Waals surface area contributed by atoms with Crippen molar-refractivity contribution in [2.24, 2.45) is 0 Å². The molecular weight excluding hydrogens is 368 g/mol. The molecule has 1 N–H and O–H groups in total. The van der Waals surface area contributed by atoms with Crippen molar-refractivity contribution in [2.75, 3.05) is 45.3 Å². The Morgan fingerprint density at radius 2 is 1.90 bits per heavy atom. The SMILES string of the molecule is COCc1ccc(OC)c(CN2CCc3nc(N4CCCC4)[nH]c(=O)c3CC2)c1. The molecule has 1 fully saturated rings. The van der Waals surface area contributed by atoms with E-state index < -0.39 is 0 Å². The zero-order chi connectivity index (χ0) is 20.2. The van der Waals surface area contributed by atoms with Crippen LogP contribution in [-0.4, -0.2) is 55.3 Å². The molecule has 1 aromatic carbocycles. The van der Waals surface area contributed by atoms with E-state index in [1.807, 2.05) is 12.1 Å². The number of nitrogens with one attached hydrogen (secondary N) is 1. The van der Waals surface area contributed by atoms with E-state index >= 15 is 0 Å². The standard InChI is InChI=1S/C22H30N4O3/c1-28-15-16-5-6-20(29-2)17(13-16)14-25-11-7-18-19(8-12-25)23-22(24-21(18)27)26-9-3-4-10-26/h5-6,13H,3-4,7-12,14-15H2,1-2H3,(H,23,24,27). The van der Waals surface area contributed by atoms with E-state index in [1.165, 1.54) is 12.8 Å². The van der Waals surface area contributed by atoms with Crippen LogP contribution in [0, 0.1) is 0 Å². The Morgan fingerprint density at radius 3 is 2.66 bits per heavy atom. The van der Waals surface area contributed by atoms with Gasteiger partial charge in [-0.05, 0) is 37.0 Å². The predicted molar refractivity (Wildman–Crippen MR) is 113 cm³/mol. The van der Waals surface area contributed by atoms with Crippen LogP contribution in [0.1, 0.15) is 35.2 Å². The van der Waals surface area contributed by atoms with Crippen LogP contribution in [0.4, 0.5) is 5.95 Å². The van der Waals surface area contributed by atoms with Gasteiger partial charge in [-0.15, -0.1) is 0 Å². The summed E-state index contributed by atoms with van der Waals surface area (Å²) in [6.45, 7) is 5.03. The first-order valence-corrected chi connectivity index (χ1v) is 10.4. The number of benzene rings is 1. The van der Waals surface area contributed by atoms with Crippen molar-refractivity contribution in [1.82, 2.24) is 14.9 Å². The molecule has 4 rings (SSSR count). The first-order valence-electron chi connectivity index (χ1n) is 10.4. The molecule has 29 heavy (non-hydrogen) atoms. The third kappa shape index (κ3) is 4.46. The number of H-pyrrole nitrogens is 1. The summed E-state index contributed by atoms with van der Waals surface area (Å²) in [4.78, 5) is 25.1. The van der Waals surface area contributed by atoms with Crippen molar-refractivity contribution < 1.29 is 9.47 Å². The highest BCUT2D eigenvalue weighted by Crippen LogP contribution is 2.24. The van der Waals surface area contributed by atoms with E-state index in [-0.39, 0.29) is 5.56 Å². The normalized spacial score (nSPS) is 17.2. The molecule has 0 amide bonds. The molecule has 0 spiro atoms. The van der Waals surface area contributed by atoms with Crippen LogP contribution >= 0.6 is 0 Å². The van der Waals surface area contributed by atoms with Crippen LogP contribution in [0.25, 0.3) is 0 Å². The smallest absolute Gasteiger partial charge is 0.255 e. The van der Waals surface area contributed by atoms with Gasteiger partial charge in [-0.1, -0.05) is 6.07 Å². The molecule has 156 valence electrons. The van der Waals surface area contributed by atoms with Gasteiger partial charge in [0.05, 0.1) is 19.4 Å². The maximum atomic E-state index is 12.7. The van der Waals surface area contributed by atoms with Gasteiger partial charge in [0.15, 0.2) is 0 Å². The Kier molecular flexibility index (Phi) is 6.16. The molecule has 0 radical (unpaired) electrons. The molecule has 0 atom stereocenters. The lowest BCUT2D eigenvalue weighted by Crippen LogP contribution is -2.27. The molecule has 2 aromatic rings. The van der Waals surface area contributed by atoms with Crippen molar-refractivity contribution in [1.29, 1.82) is 0 Å². The molecular formula is C22H30N4O3. The summed E-state index contributed by atoms with van der Waals surface area (Å²) >= 11 is 0. The van der Waals surface area contributed by atoms with Crippen molar-refractivity contribution in [3.63, 3.8) is 0 Å². The maximum absolute atomic E-state index is 12.7. The van der Waals surface area contributed by atoms with Crippen molar-refractivity contribution >= 4 is 5.95 Å². The average Bonchev–Trinajstić information content (AvgIpc) is 3.18. The Labute approximate surface area is 171 Å². The van der Waals surface area contributed by atoms with E-state index in [0.717, 1.165) is 79.6 Å². The lowest BCUT2D eigenvalue weighted by atomic mass is 10.1. The molecule has 1 aromatic heterocycles. The minimum Gasteiger partial charge on any atom is -0.496 e. The summed E-state index contributed by atoms with van der Waals surface area (Å²) in [5.74, 6) is 1.63. The number of hydrogen-bond acceptors (Lipinski definition) is 6. The van der Waals surface area contributed by atoms with Crippen LogP contribution in [0.15, 0.2) is 23.0 Å². The lowest BCUT2D eigenvalue weighted by Gasteiger charge is -2.21. The van der Waals surface area contributed by atoms with Crippen LogP contribution in [0.3, 0.4) is 0 Å². The second kappa shape index (κ2) is 8.97. The summed E-state index contributed by atoms with van der Waals surface area (Å²) < 4.78 is 10.8. The van der Waals surface area contributed by atoms with Gasteiger partial charge in [-0.25, -0.2) is 4.98 Å². The van der Waals surface area contributed by atoms with Crippen molar-refractivity contribution in [3.05, 3.63) is 50.9 Å². The topological polar surface area (TPSA) is 70.7 Å². The van der Waals surface area contributed by atoms with Crippen LogP contribution in [-0.2, 0) is 30.7 Å². The highest BCUT2D eigenvalue weighted by molar-refractivity contribution is 5.38. The first-order chi connectivity index (χ1) is 14.2. The molecule has 2 aliphatic rings. The summed E-state index contributed by atoms with van der Waals surface area (Å²) in [6, 6.07) is 6.19. The minimum absolute atomic E-state index is 0.0263. The predicted octanol–water partition coefficient (Wildman–Crippen LogP) is 2.13. The van der Waals surface area contributed by atoms with E-state index in [9.17, 15) is 4.79 Å². The van der Waals surface area contributed by atoms with Crippen LogP contribution < -0.4 is 15.2 Å². The molecule has 7 nitrogen and oxygen atoms in total. The summed E-state index contributed by atoms with van der Waals surface area (Å²) in [5.41, 5.74) is 4.11. The Hall–Kier alpha value is -2.38. The largest absolute Gasteiger partial charge is 0.496 e. The Morgan fingerprint density at radius 1 is 1.10 bits per heavy atom. The van der Waals surface area contributed by atoms with Crippen molar-refractivity contribution in [3.8, 4) is 5.75 Å². The van der Waals surface area contributed by atoms with Crippen molar-refractivity contribution in [2.45, 2.75) is 38.8 Å². The van der Waals surface area contributed by atoms with Gasteiger partial charge < -0.3 is 14.4 Å². The molecule has 0 saturated carbocycles. The third-order valence-corrected chi connectivity index (χ3v) is 5.89. The van der Waals surface area contributed by atoms with Gasteiger partial charge in [0.2, 0.25) is 5.95 Å². The number of methoxy groups -OCH3 is 2. The van der Waals surface area contributed by atoms with E-state index in [4.69, 9.17) is 14.5 Å². The highest BCUT2D eigenvalue weighted by atomic mass is 16.5. The molecule has 3 heterocycles. The third-order valence-electron chi connectivity index (χ3n) is 5.89. The van der Waals surface area contributed by atoms with Gasteiger partial charge in [-0.2, -0.15) is 0 Å². The highest BCUT2D eigenvalue weighted by Gasteiger charge is 2.22. The summed E-state index contributed by atoms with van der Waals surface area (Å²) in [6.07, 6.45) is 3.84. The second-order valence-corrected chi connectivity index (χ2v) is 7.86. The van der Waals surface area contributed by atoms with Gasteiger partial charge in [0.25, 0.3) is 5.56 Å². The van der Waals surface area contributed by atoms with Crippen LogP contribution in [0.2, 0.25) is 0 Å². The fourth-order valence-electron chi connectivity index (χ4n) is 4.33. The molecule has 7 heteroatoms. The molecule has 0 aliphatic carbocycles.